The molecule has 2 aromatic carbocycles. The van der Waals surface area contributed by atoms with Crippen LogP contribution in [0.3, 0.4) is 0 Å². The highest BCUT2D eigenvalue weighted by Gasteiger charge is 2.39. The van der Waals surface area contributed by atoms with Gasteiger partial charge in [0, 0.05) is 60.4 Å². The molecule has 0 atom stereocenters. The third kappa shape index (κ3) is 5.65. The molecule has 40 heavy (non-hydrogen) atoms. The van der Waals surface area contributed by atoms with Crippen molar-refractivity contribution >= 4 is 40.0 Å². The molecule has 0 spiro atoms. The minimum atomic E-state index is -3.54. The Kier molecular flexibility index (Phi) is 7.76. The highest BCUT2D eigenvalue weighted by molar-refractivity contribution is 5.99. The summed E-state index contributed by atoms with van der Waals surface area (Å²) in [5.74, 6) is -3.98. The van der Waals surface area contributed by atoms with Crippen LogP contribution >= 0.6 is 0 Å². The van der Waals surface area contributed by atoms with Gasteiger partial charge in [0.15, 0.2) is 0 Å². The summed E-state index contributed by atoms with van der Waals surface area (Å²) in [6.07, 6.45) is 4.36. The number of aliphatic hydroxyl groups is 1. The Morgan fingerprint density at radius 3 is 2.50 bits per heavy atom. The summed E-state index contributed by atoms with van der Waals surface area (Å²) in [4.78, 5) is 25.2. The van der Waals surface area contributed by atoms with Crippen LogP contribution in [0, 0.1) is 0 Å². The van der Waals surface area contributed by atoms with Crippen molar-refractivity contribution in [2.75, 3.05) is 48.8 Å². The second kappa shape index (κ2) is 11.4. The average molecular weight is 548 g/mol. The Hall–Kier alpha value is -4.35. The number of anilines is 4. The molecule has 4 aromatic rings. The molecular weight excluding hydrogens is 516 g/mol. The van der Waals surface area contributed by atoms with Crippen LogP contribution in [-0.4, -0.2) is 63.7 Å². The van der Waals surface area contributed by atoms with Gasteiger partial charge in [-0.25, -0.2) is 4.98 Å². The summed E-state index contributed by atoms with van der Waals surface area (Å²) >= 11 is 0. The van der Waals surface area contributed by atoms with Crippen molar-refractivity contribution in [1.82, 2.24) is 19.4 Å². The maximum atomic E-state index is 16.1. The maximum absolute atomic E-state index is 16.1. The lowest BCUT2D eigenvalue weighted by atomic mass is 10.0. The fourth-order valence-electron chi connectivity index (χ4n) is 4.69. The quantitative estimate of drug-likeness (QED) is 0.279. The second-order valence-corrected chi connectivity index (χ2v) is 9.67. The summed E-state index contributed by atoms with van der Waals surface area (Å²) in [6, 6.07) is 14.6. The van der Waals surface area contributed by atoms with E-state index in [1.54, 1.807) is 13.0 Å². The van der Waals surface area contributed by atoms with Crippen LogP contribution in [0.4, 0.5) is 31.8 Å². The number of alkyl halides is 2. The van der Waals surface area contributed by atoms with E-state index in [1.165, 1.54) is 47.2 Å². The summed E-state index contributed by atoms with van der Waals surface area (Å²) in [5, 5.41) is 15.5. The number of rotatable bonds is 8. The average Bonchev–Trinajstić information content (AvgIpc) is 3.37. The van der Waals surface area contributed by atoms with E-state index in [0.29, 0.717) is 5.69 Å². The van der Waals surface area contributed by atoms with Gasteiger partial charge in [0.1, 0.15) is 18.1 Å². The number of nitrogens with one attached hydrogen (secondary N) is 2. The van der Waals surface area contributed by atoms with Crippen LogP contribution in [0.25, 0.3) is 11.0 Å². The van der Waals surface area contributed by atoms with E-state index in [9.17, 15) is 9.90 Å². The molecule has 3 N–H and O–H groups in total. The lowest BCUT2D eigenvalue weighted by Crippen LogP contribution is -2.44. The van der Waals surface area contributed by atoms with E-state index in [-0.39, 0.29) is 28.2 Å². The van der Waals surface area contributed by atoms with Gasteiger partial charge in [-0.15, -0.1) is 0 Å². The molecule has 1 amide bonds. The van der Waals surface area contributed by atoms with Crippen molar-refractivity contribution in [1.29, 1.82) is 0 Å². The normalized spacial score (nSPS) is 14.7. The van der Waals surface area contributed by atoms with Crippen LogP contribution in [0.1, 0.15) is 18.2 Å². The van der Waals surface area contributed by atoms with E-state index in [4.69, 9.17) is 0 Å². The van der Waals surface area contributed by atoms with Crippen molar-refractivity contribution in [3.63, 3.8) is 0 Å². The van der Waals surface area contributed by atoms with Crippen LogP contribution in [0.15, 0.2) is 72.9 Å². The fourth-order valence-corrected chi connectivity index (χ4v) is 4.69. The molecule has 0 unspecified atom stereocenters. The number of hydrogen-bond donors (Lipinski definition) is 3. The van der Waals surface area contributed by atoms with E-state index in [1.807, 2.05) is 24.3 Å². The van der Waals surface area contributed by atoms with Crippen LogP contribution in [0.5, 0.6) is 0 Å². The van der Waals surface area contributed by atoms with Crippen molar-refractivity contribution in [3.8, 4) is 0 Å². The number of fused-ring (bicyclic) bond motifs is 1. The topological polar surface area (TPSA) is 98.6 Å². The van der Waals surface area contributed by atoms with Gasteiger partial charge >= 0.3 is 5.92 Å². The number of hydrogen-bond acceptors (Lipinski definition) is 7. The van der Waals surface area contributed by atoms with Crippen LogP contribution < -0.4 is 15.5 Å². The SMILES string of the molecule is CC=CC(=O)Nc1cccc(C(F)(F)c2nc(Nc3ccc(N4CCN(C)CC4)cc3)nc3c2ccn3CO)c1. The zero-order chi connectivity index (χ0) is 28.3. The highest BCUT2D eigenvalue weighted by Crippen LogP contribution is 2.40. The molecule has 1 aliphatic rings. The second-order valence-electron chi connectivity index (χ2n) is 9.67. The molecule has 208 valence electrons. The lowest BCUT2D eigenvalue weighted by molar-refractivity contribution is -0.111. The van der Waals surface area contributed by atoms with Crippen molar-refractivity contribution in [2.24, 2.45) is 0 Å². The van der Waals surface area contributed by atoms with Crippen molar-refractivity contribution in [3.05, 3.63) is 84.2 Å². The largest absolute Gasteiger partial charge is 0.376 e. The van der Waals surface area contributed by atoms with Crippen LogP contribution in [0.2, 0.25) is 0 Å². The number of piperazine rings is 1. The molecule has 0 saturated carbocycles. The summed E-state index contributed by atoms with van der Waals surface area (Å²) in [6.45, 7) is 5.09. The third-order valence-corrected chi connectivity index (χ3v) is 6.87. The minimum absolute atomic E-state index is 0.0273. The van der Waals surface area contributed by atoms with E-state index in [0.717, 1.165) is 31.9 Å². The molecule has 2 aromatic heterocycles. The standard InChI is InChI=1S/C29H31F2N7O2/c1-3-5-25(40)32-22-7-4-6-20(18-22)29(30,31)26-24-12-13-38(19-39)27(24)35-28(34-26)33-21-8-10-23(11-9-21)37-16-14-36(2)15-17-37/h3-13,18,39H,14-17,19H2,1-2H3,(H,32,40)(H,33,34,35). The maximum Gasteiger partial charge on any atom is 0.315 e. The van der Waals surface area contributed by atoms with Crippen molar-refractivity contribution in [2.45, 2.75) is 19.6 Å². The number of likely N-dealkylation sites (N-methyl/N-ethyl adjacent to an activating group) is 1. The first-order chi connectivity index (χ1) is 19.3. The molecule has 0 bridgehead atoms. The number of amides is 1. The lowest BCUT2D eigenvalue weighted by Gasteiger charge is -2.34. The van der Waals surface area contributed by atoms with Gasteiger partial charge in [0.05, 0.1) is 0 Å². The zero-order valence-electron chi connectivity index (χ0n) is 22.3. The molecule has 1 fully saturated rings. The Morgan fingerprint density at radius 2 is 1.80 bits per heavy atom. The number of allylic oxidation sites excluding steroid dienone is 1. The number of nitrogens with zero attached hydrogens (tertiary/aromatic N) is 5. The minimum Gasteiger partial charge on any atom is -0.376 e. The number of halogens is 2. The fraction of sp³-hybridized carbons (Fsp3) is 0.276. The summed E-state index contributed by atoms with van der Waals surface area (Å²) < 4.78 is 33.5. The predicted molar refractivity (Wildman–Crippen MR) is 152 cm³/mol. The molecule has 11 heteroatoms. The van der Waals surface area contributed by atoms with Crippen LogP contribution in [-0.2, 0) is 17.4 Å². The van der Waals surface area contributed by atoms with Gasteiger partial charge in [0.25, 0.3) is 0 Å². The van der Waals surface area contributed by atoms with Gasteiger partial charge in [-0.1, -0.05) is 18.2 Å². The van der Waals surface area contributed by atoms with Gasteiger partial charge in [-0.3, -0.25) is 4.79 Å². The molecule has 1 aliphatic heterocycles. The number of benzene rings is 2. The number of aliphatic hydroxyl groups excluding tert-OH is 1. The number of carbonyl (C=O) groups is 1. The van der Waals surface area contributed by atoms with Gasteiger partial charge < -0.3 is 30.1 Å². The summed E-state index contributed by atoms with van der Waals surface area (Å²) in [5.41, 5.74) is 1.27. The van der Waals surface area contributed by atoms with Gasteiger partial charge in [-0.2, -0.15) is 13.8 Å². The Labute approximate surface area is 230 Å². The van der Waals surface area contributed by atoms with Gasteiger partial charge in [-0.05, 0) is 62.5 Å². The monoisotopic (exact) mass is 547 g/mol. The first-order valence-electron chi connectivity index (χ1n) is 13.0. The molecule has 3 heterocycles. The number of carbonyl (C=O) groups excluding carboxylic acids is 1. The van der Waals surface area contributed by atoms with E-state index >= 15 is 8.78 Å². The molecular formula is C29H31F2N7O2. The van der Waals surface area contributed by atoms with E-state index in [2.05, 4.69) is 37.4 Å². The summed E-state index contributed by atoms with van der Waals surface area (Å²) in [7, 11) is 2.10. The van der Waals surface area contributed by atoms with E-state index < -0.39 is 24.3 Å². The van der Waals surface area contributed by atoms with Crippen molar-refractivity contribution < 1.29 is 18.7 Å². The molecule has 0 aliphatic carbocycles. The Bertz CT molecular complexity index is 1530. The first kappa shape index (κ1) is 27.2. The molecule has 9 nitrogen and oxygen atoms in total. The smallest absolute Gasteiger partial charge is 0.315 e. The highest BCUT2D eigenvalue weighted by atomic mass is 19.3. The van der Waals surface area contributed by atoms with Gasteiger partial charge in [0.2, 0.25) is 11.9 Å². The predicted octanol–water partition coefficient (Wildman–Crippen LogP) is 4.53. The molecule has 5 rings (SSSR count). The third-order valence-electron chi connectivity index (χ3n) is 6.87. The Balaban J connectivity index is 1.47. The molecule has 0 radical (unpaired) electrons. The molecule has 1 saturated heterocycles. The Morgan fingerprint density at radius 1 is 1.05 bits per heavy atom. The first-order valence-corrected chi connectivity index (χ1v) is 13.0. The zero-order valence-corrected chi connectivity index (χ0v) is 22.3. The number of aromatic nitrogens is 3.